The molecule has 3 rings (SSSR count). The van der Waals surface area contributed by atoms with Crippen molar-refractivity contribution in [3.63, 3.8) is 0 Å². The third-order valence-corrected chi connectivity index (χ3v) is 4.95. The lowest BCUT2D eigenvalue weighted by Gasteiger charge is -2.25. The Bertz CT molecular complexity index is 534. The molecule has 1 aromatic carbocycles. The lowest BCUT2D eigenvalue weighted by atomic mass is 9.80. The molecule has 2 atom stereocenters. The first-order valence-electron chi connectivity index (χ1n) is 7.85. The third-order valence-electron chi connectivity index (χ3n) is 4.95. The second-order valence-electron chi connectivity index (χ2n) is 6.27. The van der Waals surface area contributed by atoms with E-state index in [-0.39, 0.29) is 23.8 Å². The summed E-state index contributed by atoms with van der Waals surface area (Å²) in [5.41, 5.74) is 7.38. The summed E-state index contributed by atoms with van der Waals surface area (Å²) < 4.78 is 0. The molecule has 0 aromatic heterocycles. The van der Waals surface area contributed by atoms with Crippen molar-refractivity contribution in [3.05, 3.63) is 35.4 Å². The summed E-state index contributed by atoms with van der Waals surface area (Å²) in [6.45, 7) is 0. The van der Waals surface area contributed by atoms with Crippen LogP contribution in [0.4, 0.5) is 0 Å². The number of nitrogens with one attached hydrogen (secondary N) is 1. The number of hydrogen-bond acceptors (Lipinski definition) is 2. The van der Waals surface area contributed by atoms with Gasteiger partial charge in [-0.2, -0.15) is 0 Å². The standard InChI is InChI=1S/C17H22N2O2/c18-16(20)14-5-2-6-15(14)19-17(21)13-9-7-12(8-10-13)11-3-1-4-11/h7-11,14-15H,1-6H2,(H2,18,20)(H,19,21)/t14-,15-/m1/s1. The topological polar surface area (TPSA) is 72.2 Å². The highest BCUT2D eigenvalue weighted by molar-refractivity contribution is 5.94. The van der Waals surface area contributed by atoms with Crippen LogP contribution in [0.15, 0.2) is 24.3 Å². The minimum absolute atomic E-state index is 0.103. The van der Waals surface area contributed by atoms with Crippen LogP contribution in [-0.2, 0) is 4.79 Å². The summed E-state index contributed by atoms with van der Waals surface area (Å²) in [4.78, 5) is 23.6. The second kappa shape index (κ2) is 5.88. The molecule has 0 spiro atoms. The highest BCUT2D eigenvalue weighted by atomic mass is 16.2. The quantitative estimate of drug-likeness (QED) is 0.891. The van der Waals surface area contributed by atoms with Gasteiger partial charge in [0.1, 0.15) is 0 Å². The van der Waals surface area contributed by atoms with Crippen LogP contribution in [0.1, 0.15) is 60.4 Å². The molecule has 0 unspecified atom stereocenters. The molecule has 0 bridgehead atoms. The van der Waals surface area contributed by atoms with Crippen LogP contribution >= 0.6 is 0 Å². The molecular formula is C17H22N2O2. The summed E-state index contributed by atoms with van der Waals surface area (Å²) in [5.74, 6) is 0.0471. The van der Waals surface area contributed by atoms with Gasteiger partial charge in [-0.15, -0.1) is 0 Å². The molecule has 0 radical (unpaired) electrons. The number of nitrogens with two attached hydrogens (primary N) is 1. The average Bonchev–Trinajstić information content (AvgIpc) is 2.86. The maximum atomic E-state index is 12.3. The van der Waals surface area contributed by atoms with Crippen LogP contribution in [0.25, 0.3) is 0 Å². The Morgan fingerprint density at radius 1 is 1.00 bits per heavy atom. The molecule has 2 amide bonds. The van der Waals surface area contributed by atoms with Crippen LogP contribution in [0.5, 0.6) is 0 Å². The van der Waals surface area contributed by atoms with E-state index < -0.39 is 0 Å². The van der Waals surface area contributed by atoms with E-state index in [0.717, 1.165) is 19.3 Å². The predicted octanol–water partition coefficient (Wildman–Crippen LogP) is 2.34. The number of amides is 2. The summed E-state index contributed by atoms with van der Waals surface area (Å²) in [7, 11) is 0. The van der Waals surface area contributed by atoms with Gasteiger partial charge in [0.2, 0.25) is 5.91 Å². The minimum Gasteiger partial charge on any atom is -0.369 e. The molecule has 3 N–H and O–H groups in total. The first-order chi connectivity index (χ1) is 10.1. The van der Waals surface area contributed by atoms with Gasteiger partial charge in [0.05, 0.1) is 5.92 Å². The Kier molecular flexibility index (Phi) is 3.95. The van der Waals surface area contributed by atoms with Crippen LogP contribution in [-0.4, -0.2) is 17.9 Å². The number of primary amides is 1. The molecule has 2 saturated carbocycles. The zero-order valence-electron chi connectivity index (χ0n) is 12.2. The molecule has 2 aliphatic rings. The van der Waals surface area contributed by atoms with E-state index in [0.29, 0.717) is 11.5 Å². The summed E-state index contributed by atoms with van der Waals surface area (Å²) in [6, 6.07) is 7.77. The van der Waals surface area contributed by atoms with Crippen molar-refractivity contribution < 1.29 is 9.59 Å². The van der Waals surface area contributed by atoms with Crippen molar-refractivity contribution in [3.8, 4) is 0 Å². The predicted molar refractivity (Wildman–Crippen MR) is 80.8 cm³/mol. The van der Waals surface area contributed by atoms with Gasteiger partial charge >= 0.3 is 0 Å². The highest BCUT2D eigenvalue weighted by Crippen LogP contribution is 2.36. The lowest BCUT2D eigenvalue weighted by molar-refractivity contribution is -0.122. The van der Waals surface area contributed by atoms with Crippen molar-refractivity contribution in [2.45, 2.75) is 50.5 Å². The molecule has 4 heteroatoms. The smallest absolute Gasteiger partial charge is 0.251 e. The largest absolute Gasteiger partial charge is 0.369 e. The van der Waals surface area contributed by atoms with E-state index in [1.54, 1.807) is 0 Å². The lowest BCUT2D eigenvalue weighted by Crippen LogP contribution is -2.42. The first-order valence-corrected chi connectivity index (χ1v) is 7.85. The van der Waals surface area contributed by atoms with Gasteiger partial charge in [0.15, 0.2) is 0 Å². The Balaban J connectivity index is 1.63. The Labute approximate surface area is 125 Å². The molecule has 2 fully saturated rings. The fraction of sp³-hybridized carbons (Fsp3) is 0.529. The van der Waals surface area contributed by atoms with E-state index >= 15 is 0 Å². The Morgan fingerprint density at radius 2 is 1.67 bits per heavy atom. The average molecular weight is 286 g/mol. The molecule has 112 valence electrons. The molecule has 2 aliphatic carbocycles. The first kappa shape index (κ1) is 14.1. The van der Waals surface area contributed by atoms with Crippen LogP contribution in [0.2, 0.25) is 0 Å². The second-order valence-corrected chi connectivity index (χ2v) is 6.27. The normalized spacial score (nSPS) is 25.3. The van der Waals surface area contributed by atoms with Crippen molar-refractivity contribution in [2.75, 3.05) is 0 Å². The number of hydrogen-bond donors (Lipinski definition) is 2. The van der Waals surface area contributed by atoms with E-state index in [1.807, 2.05) is 12.1 Å². The number of carbonyl (C=O) groups excluding carboxylic acids is 2. The van der Waals surface area contributed by atoms with Gasteiger partial charge in [0.25, 0.3) is 5.91 Å². The molecular weight excluding hydrogens is 264 g/mol. The fourth-order valence-electron chi connectivity index (χ4n) is 3.37. The molecule has 0 heterocycles. The van der Waals surface area contributed by atoms with Gasteiger partial charge in [-0.05, 0) is 49.3 Å². The van der Waals surface area contributed by atoms with E-state index in [1.165, 1.54) is 24.8 Å². The summed E-state index contributed by atoms with van der Waals surface area (Å²) in [5, 5.41) is 2.96. The number of rotatable bonds is 4. The minimum atomic E-state index is -0.307. The van der Waals surface area contributed by atoms with E-state index in [9.17, 15) is 9.59 Å². The third kappa shape index (κ3) is 2.94. The molecule has 4 nitrogen and oxygen atoms in total. The molecule has 21 heavy (non-hydrogen) atoms. The molecule has 1 aromatic rings. The van der Waals surface area contributed by atoms with Gasteiger partial charge < -0.3 is 11.1 Å². The molecule has 0 aliphatic heterocycles. The summed E-state index contributed by atoms with van der Waals surface area (Å²) >= 11 is 0. The Morgan fingerprint density at radius 3 is 2.24 bits per heavy atom. The highest BCUT2D eigenvalue weighted by Gasteiger charge is 2.32. The van der Waals surface area contributed by atoms with Gasteiger partial charge in [0, 0.05) is 11.6 Å². The van der Waals surface area contributed by atoms with E-state index in [2.05, 4.69) is 17.4 Å². The van der Waals surface area contributed by atoms with Crippen molar-refractivity contribution >= 4 is 11.8 Å². The van der Waals surface area contributed by atoms with Crippen LogP contribution in [0.3, 0.4) is 0 Å². The molecule has 0 saturated heterocycles. The number of benzene rings is 1. The SMILES string of the molecule is NC(=O)[C@@H]1CCC[C@H]1NC(=O)c1ccc(C2CCC2)cc1. The van der Waals surface area contributed by atoms with Gasteiger partial charge in [-0.1, -0.05) is 25.0 Å². The van der Waals surface area contributed by atoms with Gasteiger partial charge in [-0.3, -0.25) is 9.59 Å². The zero-order valence-corrected chi connectivity index (χ0v) is 12.2. The van der Waals surface area contributed by atoms with Crippen LogP contribution < -0.4 is 11.1 Å². The fourth-order valence-corrected chi connectivity index (χ4v) is 3.37. The van der Waals surface area contributed by atoms with Crippen molar-refractivity contribution in [1.82, 2.24) is 5.32 Å². The van der Waals surface area contributed by atoms with E-state index in [4.69, 9.17) is 5.73 Å². The van der Waals surface area contributed by atoms with Crippen molar-refractivity contribution in [2.24, 2.45) is 11.7 Å². The van der Waals surface area contributed by atoms with Crippen LogP contribution in [0, 0.1) is 5.92 Å². The monoisotopic (exact) mass is 286 g/mol. The maximum absolute atomic E-state index is 12.3. The maximum Gasteiger partial charge on any atom is 0.251 e. The number of carbonyl (C=O) groups is 2. The van der Waals surface area contributed by atoms with Gasteiger partial charge in [-0.25, -0.2) is 0 Å². The zero-order chi connectivity index (χ0) is 14.8. The van der Waals surface area contributed by atoms with Crippen molar-refractivity contribution in [1.29, 1.82) is 0 Å². The Hall–Kier alpha value is -1.84. The summed E-state index contributed by atoms with van der Waals surface area (Å²) in [6.07, 6.45) is 6.38.